The lowest BCUT2D eigenvalue weighted by molar-refractivity contribution is 0.0747. The average molecular weight is 453 g/mol. The van der Waals surface area contributed by atoms with Gasteiger partial charge < -0.3 is 21.2 Å². The van der Waals surface area contributed by atoms with Crippen LogP contribution >= 0.6 is 0 Å². The number of hydrogen-bond donors (Lipinski definition) is 0. The predicted molar refractivity (Wildman–Crippen MR) is 122 cm³/mol. The van der Waals surface area contributed by atoms with Crippen LogP contribution < -0.4 is 0 Å². The van der Waals surface area contributed by atoms with E-state index in [2.05, 4.69) is 69.2 Å². The topological polar surface area (TPSA) is 46.2 Å². The Hall–Kier alpha value is 0.668. The van der Waals surface area contributed by atoms with Crippen LogP contribution in [0, 0.1) is 0 Å². The zero-order chi connectivity index (χ0) is 20.8. The van der Waals surface area contributed by atoms with Gasteiger partial charge in [0.1, 0.15) is 0 Å². The van der Waals surface area contributed by atoms with Gasteiger partial charge in [-0.25, -0.2) is 0 Å². The minimum atomic E-state index is -2.64. The standard InChI is InChI=1S/C18H44O5Si4/c1-11-12-13-19-18(10)27(17(8)9)22-25(15(4)5)20-24(14(2)3)21-26(23-27)16(6)7/h14-18,24-26H,11-13H2,1-10H3. The first-order valence-corrected chi connectivity index (χ1v) is 17.6. The second-order valence-electron chi connectivity index (χ2n) is 9.09. The molecule has 0 aromatic heterocycles. The Morgan fingerprint density at radius 2 is 1.19 bits per heavy atom. The third kappa shape index (κ3) is 7.14. The van der Waals surface area contributed by atoms with Crippen LogP contribution in [0.1, 0.15) is 82.1 Å². The summed E-state index contributed by atoms with van der Waals surface area (Å²) in [6.07, 6.45) is 2.20. The molecule has 0 saturated carbocycles. The van der Waals surface area contributed by atoms with Crippen molar-refractivity contribution in [3.63, 3.8) is 0 Å². The zero-order valence-corrected chi connectivity index (χ0v) is 23.7. The third-order valence-corrected chi connectivity index (χ3v) is 20.3. The Morgan fingerprint density at radius 3 is 1.52 bits per heavy atom. The van der Waals surface area contributed by atoms with E-state index >= 15 is 0 Å². The molecule has 0 radical (unpaired) electrons. The van der Waals surface area contributed by atoms with Crippen molar-refractivity contribution in [3.8, 4) is 0 Å². The summed E-state index contributed by atoms with van der Waals surface area (Å²) in [6, 6.07) is 0. The first-order chi connectivity index (χ1) is 12.5. The van der Waals surface area contributed by atoms with Crippen LogP contribution in [0.2, 0.25) is 22.2 Å². The fraction of sp³-hybridized carbons (Fsp3) is 1.00. The highest BCUT2D eigenvalue weighted by molar-refractivity contribution is 6.84. The third-order valence-electron chi connectivity index (χ3n) is 5.01. The summed E-state index contributed by atoms with van der Waals surface area (Å²) in [6.45, 7) is 22.8. The first-order valence-electron chi connectivity index (χ1n) is 10.8. The van der Waals surface area contributed by atoms with Crippen LogP contribution in [0.5, 0.6) is 0 Å². The number of unbranched alkanes of at least 4 members (excludes halogenated alkanes) is 1. The summed E-state index contributed by atoms with van der Waals surface area (Å²) in [5.41, 5.74) is 1.47. The summed E-state index contributed by atoms with van der Waals surface area (Å²) in [5, 5.41) is 0. The second kappa shape index (κ2) is 11.8. The monoisotopic (exact) mass is 452 g/mol. The molecule has 1 rings (SSSR count). The number of rotatable bonds is 9. The van der Waals surface area contributed by atoms with Gasteiger partial charge in [0.15, 0.2) is 0 Å². The van der Waals surface area contributed by atoms with Crippen LogP contribution in [0.15, 0.2) is 0 Å². The van der Waals surface area contributed by atoms with Gasteiger partial charge in [-0.15, -0.1) is 0 Å². The largest absolute Gasteiger partial charge is 0.420 e. The predicted octanol–water partition coefficient (Wildman–Crippen LogP) is 4.55. The van der Waals surface area contributed by atoms with E-state index in [0.29, 0.717) is 22.2 Å². The summed E-state index contributed by atoms with van der Waals surface area (Å²) in [7, 11) is -8.25. The van der Waals surface area contributed by atoms with Gasteiger partial charge in [0.05, 0.1) is 5.73 Å². The Morgan fingerprint density at radius 1 is 0.741 bits per heavy atom. The molecule has 1 heterocycles. The van der Waals surface area contributed by atoms with Gasteiger partial charge in [-0.2, -0.15) is 0 Å². The Bertz CT molecular complexity index is 403. The molecule has 0 aliphatic carbocycles. The van der Waals surface area contributed by atoms with E-state index in [1.807, 2.05) is 0 Å². The molecule has 1 saturated heterocycles. The molecule has 0 spiro atoms. The van der Waals surface area contributed by atoms with Gasteiger partial charge in [-0.05, 0) is 35.5 Å². The Kier molecular flexibility index (Phi) is 11.2. The molecule has 162 valence electrons. The fourth-order valence-electron chi connectivity index (χ4n) is 3.10. The van der Waals surface area contributed by atoms with Gasteiger partial charge in [0.25, 0.3) is 0 Å². The lowest BCUT2D eigenvalue weighted by Gasteiger charge is -2.47. The SMILES string of the molecule is CCCCOC(C)[Si]1(C(C)C)O[SiH](C(C)C)O[SiH](C(C)C)O[SiH](C(C)C)O1. The van der Waals surface area contributed by atoms with Crippen molar-refractivity contribution in [2.45, 2.75) is 110 Å². The zero-order valence-electron chi connectivity index (χ0n) is 19.3. The lowest BCUT2D eigenvalue weighted by atomic mass is 10.4. The van der Waals surface area contributed by atoms with Gasteiger partial charge in [0.2, 0.25) is 0 Å². The minimum absolute atomic E-state index is 0.0176. The lowest BCUT2D eigenvalue weighted by Crippen LogP contribution is -2.65. The van der Waals surface area contributed by atoms with Crippen LogP contribution in [-0.4, -0.2) is 48.7 Å². The van der Waals surface area contributed by atoms with Crippen molar-refractivity contribution in [3.05, 3.63) is 0 Å². The molecular weight excluding hydrogens is 409 g/mol. The van der Waals surface area contributed by atoms with Crippen molar-refractivity contribution in [2.75, 3.05) is 6.61 Å². The van der Waals surface area contributed by atoms with Crippen LogP contribution in [0.25, 0.3) is 0 Å². The van der Waals surface area contributed by atoms with Crippen molar-refractivity contribution in [1.82, 2.24) is 0 Å². The fourth-order valence-corrected chi connectivity index (χ4v) is 23.3. The van der Waals surface area contributed by atoms with Gasteiger partial charge in [-0.3, -0.25) is 0 Å². The summed E-state index contributed by atoms with van der Waals surface area (Å²) >= 11 is 0. The summed E-state index contributed by atoms with van der Waals surface area (Å²) in [5.74, 6) is 0. The second-order valence-corrected chi connectivity index (χ2v) is 22.8. The van der Waals surface area contributed by atoms with Crippen LogP contribution in [0.3, 0.4) is 0 Å². The van der Waals surface area contributed by atoms with E-state index in [4.69, 9.17) is 21.2 Å². The van der Waals surface area contributed by atoms with E-state index in [0.717, 1.165) is 19.4 Å². The normalized spacial score (nSPS) is 31.6. The van der Waals surface area contributed by atoms with Crippen molar-refractivity contribution >= 4 is 36.4 Å². The molecule has 0 amide bonds. The van der Waals surface area contributed by atoms with Crippen LogP contribution in [0.4, 0.5) is 0 Å². The smallest absolute Gasteiger partial charge is 0.352 e. The highest BCUT2D eigenvalue weighted by Crippen LogP contribution is 2.36. The molecule has 0 N–H and O–H groups in total. The molecular formula is C18H44O5Si4. The molecule has 0 bridgehead atoms. The maximum Gasteiger partial charge on any atom is 0.352 e. The minimum Gasteiger partial charge on any atom is -0.420 e. The molecule has 1 aliphatic rings. The highest BCUT2D eigenvalue weighted by atomic mass is 28.5. The van der Waals surface area contributed by atoms with Gasteiger partial charge in [0, 0.05) is 6.61 Å². The Balaban J connectivity index is 3.23. The molecule has 5 nitrogen and oxygen atoms in total. The van der Waals surface area contributed by atoms with Crippen molar-refractivity contribution in [1.29, 1.82) is 0 Å². The highest BCUT2D eigenvalue weighted by Gasteiger charge is 2.54. The number of ether oxygens (including phenoxy) is 1. The Labute approximate surface area is 174 Å². The molecule has 3 atom stereocenters. The van der Waals surface area contributed by atoms with E-state index in [1.54, 1.807) is 0 Å². The summed E-state index contributed by atoms with van der Waals surface area (Å²) < 4.78 is 33.5. The van der Waals surface area contributed by atoms with E-state index < -0.39 is 36.4 Å². The van der Waals surface area contributed by atoms with E-state index in [9.17, 15) is 0 Å². The molecule has 1 aliphatic heterocycles. The van der Waals surface area contributed by atoms with Crippen molar-refractivity contribution < 1.29 is 21.2 Å². The first kappa shape index (κ1) is 25.7. The molecule has 0 aromatic carbocycles. The maximum atomic E-state index is 6.95. The van der Waals surface area contributed by atoms with E-state index in [-0.39, 0.29) is 5.73 Å². The maximum absolute atomic E-state index is 6.95. The van der Waals surface area contributed by atoms with E-state index in [1.165, 1.54) is 0 Å². The molecule has 3 unspecified atom stereocenters. The van der Waals surface area contributed by atoms with Gasteiger partial charge in [-0.1, -0.05) is 68.7 Å². The van der Waals surface area contributed by atoms with Crippen LogP contribution in [-0.2, 0) is 21.2 Å². The quantitative estimate of drug-likeness (QED) is 0.379. The molecule has 0 aromatic rings. The van der Waals surface area contributed by atoms with Crippen molar-refractivity contribution in [2.24, 2.45) is 0 Å². The molecule has 27 heavy (non-hydrogen) atoms. The molecule has 1 fully saturated rings. The number of hydrogen-bond acceptors (Lipinski definition) is 5. The average Bonchev–Trinajstić information content (AvgIpc) is 2.54. The summed E-state index contributed by atoms with van der Waals surface area (Å²) in [4.78, 5) is 0. The molecule has 9 heteroatoms. The van der Waals surface area contributed by atoms with Gasteiger partial charge >= 0.3 is 36.4 Å².